The molecule has 1 unspecified atom stereocenters. The normalized spacial score (nSPS) is 14.1. The SMILES string of the molecule is Cc1ccccc1N1C(=O)c2ccc(C(=O)NC(C)c3ccc(OC(F)(F)F)cc3)cc2C1=O. The number of fused-ring (bicyclic) bond motifs is 1. The lowest BCUT2D eigenvalue weighted by molar-refractivity contribution is -0.274. The highest BCUT2D eigenvalue weighted by molar-refractivity contribution is 6.35. The number of nitrogens with one attached hydrogen (secondary N) is 1. The molecule has 1 aliphatic rings. The van der Waals surface area contributed by atoms with E-state index in [4.69, 9.17) is 0 Å². The lowest BCUT2D eigenvalue weighted by Crippen LogP contribution is -2.30. The van der Waals surface area contributed by atoms with Crippen molar-refractivity contribution in [2.45, 2.75) is 26.3 Å². The Balaban J connectivity index is 1.51. The van der Waals surface area contributed by atoms with Crippen LogP contribution in [0.4, 0.5) is 18.9 Å². The molecule has 3 aromatic rings. The maximum Gasteiger partial charge on any atom is 0.573 e. The van der Waals surface area contributed by atoms with Crippen molar-refractivity contribution in [2.24, 2.45) is 0 Å². The highest BCUT2D eigenvalue weighted by atomic mass is 19.4. The van der Waals surface area contributed by atoms with Crippen LogP contribution in [0.5, 0.6) is 5.75 Å². The van der Waals surface area contributed by atoms with Crippen molar-refractivity contribution >= 4 is 23.4 Å². The van der Waals surface area contributed by atoms with Gasteiger partial charge in [-0.1, -0.05) is 30.3 Å². The largest absolute Gasteiger partial charge is 0.573 e. The Bertz CT molecular complexity index is 1290. The highest BCUT2D eigenvalue weighted by Gasteiger charge is 2.37. The Hall–Kier alpha value is -4.14. The zero-order valence-corrected chi connectivity index (χ0v) is 18.1. The van der Waals surface area contributed by atoms with E-state index in [9.17, 15) is 27.6 Å². The molecule has 4 rings (SSSR count). The fraction of sp³-hybridized carbons (Fsp3) is 0.160. The van der Waals surface area contributed by atoms with Crippen LogP contribution in [0.2, 0.25) is 0 Å². The Kier molecular flexibility index (Phi) is 5.87. The molecule has 1 atom stereocenters. The summed E-state index contributed by atoms with van der Waals surface area (Å²) < 4.78 is 40.8. The molecule has 0 aliphatic carbocycles. The third-order valence-electron chi connectivity index (χ3n) is 5.47. The van der Waals surface area contributed by atoms with Gasteiger partial charge in [0.25, 0.3) is 17.7 Å². The summed E-state index contributed by atoms with van der Waals surface area (Å²) in [5.41, 5.74) is 2.30. The molecule has 0 fully saturated rings. The van der Waals surface area contributed by atoms with Gasteiger partial charge in [-0.05, 0) is 61.4 Å². The van der Waals surface area contributed by atoms with E-state index in [-0.39, 0.29) is 22.4 Å². The Morgan fingerprint density at radius 3 is 2.24 bits per heavy atom. The van der Waals surface area contributed by atoms with Crippen LogP contribution in [0.15, 0.2) is 66.7 Å². The summed E-state index contributed by atoms with van der Waals surface area (Å²) in [4.78, 5) is 39.7. The molecule has 3 aromatic carbocycles. The molecule has 1 N–H and O–H groups in total. The summed E-state index contributed by atoms with van der Waals surface area (Å²) >= 11 is 0. The molecule has 9 heteroatoms. The van der Waals surface area contributed by atoms with Crippen LogP contribution in [-0.4, -0.2) is 24.1 Å². The topological polar surface area (TPSA) is 75.7 Å². The first-order valence-corrected chi connectivity index (χ1v) is 10.3. The summed E-state index contributed by atoms with van der Waals surface area (Å²) in [5, 5.41) is 2.74. The molecule has 1 aliphatic heterocycles. The Labute approximate surface area is 192 Å². The second kappa shape index (κ2) is 8.66. The van der Waals surface area contributed by atoms with Crippen molar-refractivity contribution in [2.75, 3.05) is 4.90 Å². The number of carbonyl (C=O) groups excluding carboxylic acids is 3. The molecule has 0 spiro atoms. The van der Waals surface area contributed by atoms with Gasteiger partial charge in [0.2, 0.25) is 0 Å². The predicted molar refractivity (Wildman–Crippen MR) is 118 cm³/mol. The van der Waals surface area contributed by atoms with E-state index < -0.39 is 30.1 Å². The second-order valence-electron chi connectivity index (χ2n) is 7.80. The van der Waals surface area contributed by atoms with Crippen LogP contribution in [-0.2, 0) is 0 Å². The number of rotatable bonds is 5. The van der Waals surface area contributed by atoms with Gasteiger partial charge in [-0.25, -0.2) is 4.90 Å². The molecule has 0 saturated heterocycles. The van der Waals surface area contributed by atoms with Crippen molar-refractivity contribution in [3.63, 3.8) is 0 Å². The number of anilines is 1. The van der Waals surface area contributed by atoms with Gasteiger partial charge in [-0.15, -0.1) is 13.2 Å². The van der Waals surface area contributed by atoms with Gasteiger partial charge < -0.3 is 10.1 Å². The number of imide groups is 1. The van der Waals surface area contributed by atoms with E-state index in [1.54, 1.807) is 38.1 Å². The average molecular weight is 468 g/mol. The van der Waals surface area contributed by atoms with E-state index in [0.717, 1.165) is 22.6 Å². The van der Waals surface area contributed by atoms with Crippen LogP contribution >= 0.6 is 0 Å². The van der Waals surface area contributed by atoms with Crippen molar-refractivity contribution in [3.05, 3.63) is 94.5 Å². The zero-order chi connectivity index (χ0) is 24.6. The van der Waals surface area contributed by atoms with Gasteiger partial charge in [0.15, 0.2) is 0 Å². The van der Waals surface area contributed by atoms with E-state index in [1.165, 1.54) is 30.3 Å². The first-order chi connectivity index (χ1) is 16.0. The number of amides is 3. The van der Waals surface area contributed by atoms with Gasteiger partial charge >= 0.3 is 6.36 Å². The Morgan fingerprint density at radius 2 is 1.59 bits per heavy atom. The minimum Gasteiger partial charge on any atom is -0.406 e. The van der Waals surface area contributed by atoms with E-state index >= 15 is 0 Å². The quantitative estimate of drug-likeness (QED) is 0.524. The number of aryl methyl sites for hydroxylation is 1. The van der Waals surface area contributed by atoms with Gasteiger partial charge in [-0.2, -0.15) is 0 Å². The van der Waals surface area contributed by atoms with Crippen LogP contribution < -0.4 is 15.0 Å². The number of para-hydroxylation sites is 1. The molecule has 0 saturated carbocycles. The summed E-state index contributed by atoms with van der Waals surface area (Å²) in [6, 6.07) is 15.9. The molecule has 0 bridgehead atoms. The predicted octanol–water partition coefficient (Wildman–Crippen LogP) is 5.19. The first kappa shape index (κ1) is 23.0. The average Bonchev–Trinajstić information content (AvgIpc) is 3.03. The van der Waals surface area contributed by atoms with E-state index in [1.807, 2.05) is 0 Å². The van der Waals surface area contributed by atoms with Crippen molar-refractivity contribution in [1.29, 1.82) is 0 Å². The van der Waals surface area contributed by atoms with Gasteiger partial charge in [0.05, 0.1) is 22.9 Å². The number of hydrogen-bond donors (Lipinski definition) is 1. The minimum absolute atomic E-state index is 0.127. The monoisotopic (exact) mass is 468 g/mol. The number of ether oxygens (including phenoxy) is 1. The smallest absolute Gasteiger partial charge is 0.406 e. The van der Waals surface area contributed by atoms with Crippen LogP contribution in [0, 0.1) is 6.92 Å². The van der Waals surface area contributed by atoms with Crippen molar-refractivity contribution < 1.29 is 32.3 Å². The molecule has 34 heavy (non-hydrogen) atoms. The molecule has 1 heterocycles. The summed E-state index contributed by atoms with van der Waals surface area (Å²) in [6.45, 7) is 3.46. The third-order valence-corrected chi connectivity index (χ3v) is 5.47. The summed E-state index contributed by atoms with van der Waals surface area (Å²) in [7, 11) is 0. The lowest BCUT2D eigenvalue weighted by atomic mass is 10.0. The molecule has 6 nitrogen and oxygen atoms in total. The van der Waals surface area contributed by atoms with Gasteiger partial charge in [0.1, 0.15) is 5.75 Å². The number of halogens is 3. The maximum absolute atomic E-state index is 13.0. The highest BCUT2D eigenvalue weighted by Crippen LogP contribution is 2.31. The number of hydrogen-bond acceptors (Lipinski definition) is 4. The van der Waals surface area contributed by atoms with Gasteiger partial charge in [-0.3, -0.25) is 14.4 Å². The fourth-order valence-corrected chi connectivity index (χ4v) is 3.74. The van der Waals surface area contributed by atoms with Crippen molar-refractivity contribution in [3.8, 4) is 5.75 Å². The Morgan fingerprint density at radius 1 is 0.941 bits per heavy atom. The second-order valence-corrected chi connectivity index (χ2v) is 7.80. The van der Waals surface area contributed by atoms with Crippen LogP contribution in [0.3, 0.4) is 0 Å². The zero-order valence-electron chi connectivity index (χ0n) is 18.1. The van der Waals surface area contributed by atoms with E-state index in [2.05, 4.69) is 10.1 Å². The standard InChI is InChI=1S/C25H19F3N2O4/c1-14-5-3-4-6-21(14)30-23(32)19-12-9-17(13-20(19)24(30)33)22(31)29-15(2)16-7-10-18(11-8-16)34-25(26,27)28/h3-13,15H,1-2H3,(H,29,31). The molecule has 0 aromatic heterocycles. The number of carbonyl (C=O) groups is 3. The number of benzene rings is 3. The van der Waals surface area contributed by atoms with Gasteiger partial charge in [0, 0.05) is 5.56 Å². The fourth-order valence-electron chi connectivity index (χ4n) is 3.74. The number of alkyl halides is 3. The summed E-state index contributed by atoms with van der Waals surface area (Å²) in [5.74, 6) is -1.84. The molecule has 3 amide bonds. The minimum atomic E-state index is -4.79. The molecule has 174 valence electrons. The third kappa shape index (κ3) is 4.50. The lowest BCUT2D eigenvalue weighted by Gasteiger charge is -2.16. The van der Waals surface area contributed by atoms with Crippen LogP contribution in [0.1, 0.15) is 55.2 Å². The van der Waals surface area contributed by atoms with Crippen LogP contribution in [0.25, 0.3) is 0 Å². The molecule has 0 radical (unpaired) electrons. The van der Waals surface area contributed by atoms with Crippen molar-refractivity contribution in [1.82, 2.24) is 5.32 Å². The molecular weight excluding hydrogens is 449 g/mol. The number of nitrogens with zero attached hydrogens (tertiary/aromatic N) is 1. The molecular formula is C25H19F3N2O4. The first-order valence-electron chi connectivity index (χ1n) is 10.3. The van der Waals surface area contributed by atoms with E-state index in [0.29, 0.717) is 11.3 Å². The summed E-state index contributed by atoms with van der Waals surface area (Å²) in [6.07, 6.45) is -4.79. The maximum atomic E-state index is 13.0.